The van der Waals surface area contributed by atoms with Gasteiger partial charge in [0.1, 0.15) is 5.75 Å². The molecule has 2 aromatic rings. The molecule has 0 N–H and O–H groups in total. The number of hydrogen-bond acceptors (Lipinski definition) is 11. The lowest BCUT2D eigenvalue weighted by Gasteiger charge is -2.36. The number of rotatable bonds is 6. The molecule has 3 fully saturated rings. The first-order valence-corrected chi connectivity index (χ1v) is 11.7. The van der Waals surface area contributed by atoms with E-state index < -0.39 is 30.1 Å². The first-order chi connectivity index (χ1) is 16.4. The van der Waals surface area contributed by atoms with Crippen molar-refractivity contribution in [3.8, 4) is 29.4 Å². The Bertz CT molecular complexity index is 1150. The van der Waals surface area contributed by atoms with Gasteiger partial charge < -0.3 is 23.7 Å². The van der Waals surface area contributed by atoms with E-state index in [0.29, 0.717) is 13.1 Å². The van der Waals surface area contributed by atoms with E-state index >= 15 is 0 Å². The van der Waals surface area contributed by atoms with E-state index in [2.05, 4.69) is 20.6 Å². The highest BCUT2D eigenvalue weighted by Gasteiger charge is 2.69. The van der Waals surface area contributed by atoms with Crippen molar-refractivity contribution >= 4 is 23.7 Å². The van der Waals surface area contributed by atoms with Crippen molar-refractivity contribution in [3.63, 3.8) is 0 Å². The maximum Gasteiger partial charge on any atom is 0.422 e. The lowest BCUT2D eigenvalue weighted by molar-refractivity contribution is -0.273. The fraction of sp³-hybridized carbons (Fsp3) is 0.478. The third-order valence-electron chi connectivity index (χ3n) is 6.04. The zero-order valence-electron chi connectivity index (χ0n) is 18.8. The Kier molecular flexibility index (Phi) is 5.79. The molecule has 4 unspecified atom stereocenters. The summed E-state index contributed by atoms with van der Waals surface area (Å²) in [7, 11) is 1.61. The van der Waals surface area contributed by atoms with Gasteiger partial charge in [0, 0.05) is 30.5 Å². The fourth-order valence-electron chi connectivity index (χ4n) is 4.33. The SMILES string of the molecule is COc1cccc(C#CC(Oc2nsnc2OC2C3CCN(C3)C23OC(=O)C(=O)O3)C(C)C)c1. The van der Waals surface area contributed by atoms with Gasteiger partial charge in [0.25, 0.3) is 11.8 Å². The molecule has 34 heavy (non-hydrogen) atoms. The molecule has 1 aromatic carbocycles. The van der Waals surface area contributed by atoms with Crippen LogP contribution in [0.15, 0.2) is 24.3 Å². The summed E-state index contributed by atoms with van der Waals surface area (Å²) in [6, 6.07) is 7.45. The van der Waals surface area contributed by atoms with E-state index in [1.807, 2.05) is 43.0 Å². The highest BCUT2D eigenvalue weighted by atomic mass is 32.1. The van der Waals surface area contributed by atoms with Gasteiger partial charge in [-0.1, -0.05) is 31.8 Å². The number of esters is 2. The Labute approximate surface area is 200 Å². The minimum absolute atomic E-state index is 0.00185. The molecule has 11 heteroatoms. The van der Waals surface area contributed by atoms with Gasteiger partial charge in [0.15, 0.2) is 12.2 Å². The van der Waals surface area contributed by atoms with Crippen molar-refractivity contribution in [1.82, 2.24) is 13.6 Å². The number of piperidine rings is 1. The van der Waals surface area contributed by atoms with Crippen LogP contribution >= 0.6 is 11.7 Å². The summed E-state index contributed by atoms with van der Waals surface area (Å²) in [6.07, 6.45) is -0.406. The number of ether oxygens (including phenoxy) is 5. The summed E-state index contributed by atoms with van der Waals surface area (Å²) in [5.74, 6) is 3.74. The van der Waals surface area contributed by atoms with E-state index in [0.717, 1.165) is 29.5 Å². The molecular formula is C23H23N3O7S. The minimum Gasteiger partial charge on any atom is -0.497 e. The topological polar surface area (TPSA) is 109 Å². The number of fused-ring (bicyclic) bond motifs is 3. The summed E-state index contributed by atoms with van der Waals surface area (Å²) >= 11 is 0.931. The number of carbonyl (C=O) groups excluding carboxylic acids is 2. The largest absolute Gasteiger partial charge is 0.497 e. The van der Waals surface area contributed by atoms with Crippen LogP contribution < -0.4 is 14.2 Å². The smallest absolute Gasteiger partial charge is 0.422 e. The highest BCUT2D eigenvalue weighted by Crippen LogP contribution is 2.47. The molecule has 3 saturated heterocycles. The molecule has 4 atom stereocenters. The van der Waals surface area contributed by atoms with E-state index in [1.165, 1.54) is 0 Å². The molecule has 2 bridgehead atoms. The zero-order valence-corrected chi connectivity index (χ0v) is 19.7. The molecule has 5 rings (SSSR count). The molecule has 0 aliphatic carbocycles. The van der Waals surface area contributed by atoms with Gasteiger partial charge in [-0.25, -0.2) is 14.5 Å². The molecule has 0 saturated carbocycles. The Balaban J connectivity index is 1.35. The molecule has 178 valence electrons. The number of hydrogen-bond donors (Lipinski definition) is 0. The van der Waals surface area contributed by atoms with Crippen LogP contribution in [0.3, 0.4) is 0 Å². The quantitative estimate of drug-likeness (QED) is 0.342. The van der Waals surface area contributed by atoms with Crippen LogP contribution in [0.2, 0.25) is 0 Å². The number of benzene rings is 1. The van der Waals surface area contributed by atoms with Gasteiger partial charge in [-0.15, -0.1) is 8.75 Å². The molecule has 4 heterocycles. The third kappa shape index (κ3) is 3.93. The standard InChI is InChI=1S/C23H23N3O7S/c1-13(2)17(8-7-14-5-4-6-16(11-14)29-3)30-19-20(25-34-24-19)31-18-15-9-10-26(12-15)23(18)32-21(27)22(28)33-23/h4-6,11,13,15,17-18H,9-10,12H2,1-3H3. The van der Waals surface area contributed by atoms with Crippen molar-refractivity contribution in [1.29, 1.82) is 0 Å². The van der Waals surface area contributed by atoms with Gasteiger partial charge in [0.05, 0.1) is 18.8 Å². The van der Waals surface area contributed by atoms with Crippen molar-refractivity contribution < 1.29 is 33.3 Å². The lowest BCUT2D eigenvalue weighted by atomic mass is 9.99. The number of nitrogens with zero attached hydrogens (tertiary/aromatic N) is 3. The van der Waals surface area contributed by atoms with Gasteiger partial charge in [-0.3, -0.25) is 0 Å². The summed E-state index contributed by atoms with van der Waals surface area (Å²) < 4.78 is 36.6. The monoisotopic (exact) mass is 485 g/mol. The normalized spacial score (nSPS) is 25.0. The molecule has 0 radical (unpaired) electrons. The van der Waals surface area contributed by atoms with Crippen LogP contribution in [0, 0.1) is 23.7 Å². The Morgan fingerprint density at radius 3 is 2.71 bits per heavy atom. The average Bonchev–Trinajstić information content (AvgIpc) is 3.58. The summed E-state index contributed by atoms with van der Waals surface area (Å²) in [4.78, 5) is 25.5. The molecule has 1 aromatic heterocycles. The number of methoxy groups -OCH3 is 1. The van der Waals surface area contributed by atoms with Gasteiger partial charge >= 0.3 is 17.8 Å². The van der Waals surface area contributed by atoms with Crippen LogP contribution in [-0.4, -0.2) is 63.9 Å². The summed E-state index contributed by atoms with van der Waals surface area (Å²) in [6.45, 7) is 5.19. The third-order valence-corrected chi connectivity index (χ3v) is 6.53. The van der Waals surface area contributed by atoms with Crippen LogP contribution in [0.4, 0.5) is 0 Å². The van der Waals surface area contributed by atoms with Crippen LogP contribution in [0.1, 0.15) is 25.8 Å². The van der Waals surface area contributed by atoms with E-state index in [-0.39, 0.29) is 23.6 Å². The zero-order chi connectivity index (χ0) is 23.9. The van der Waals surface area contributed by atoms with Gasteiger partial charge in [-0.05, 0) is 24.6 Å². The van der Waals surface area contributed by atoms with Crippen LogP contribution in [-0.2, 0) is 19.1 Å². The van der Waals surface area contributed by atoms with Gasteiger partial charge in [0.2, 0.25) is 0 Å². The molecular weight excluding hydrogens is 462 g/mol. The van der Waals surface area contributed by atoms with Crippen molar-refractivity contribution in [2.45, 2.75) is 38.4 Å². The second kappa shape index (κ2) is 8.77. The average molecular weight is 486 g/mol. The Hall–Kier alpha value is -3.36. The van der Waals surface area contributed by atoms with Crippen molar-refractivity contribution in [3.05, 3.63) is 29.8 Å². The predicted molar refractivity (Wildman–Crippen MR) is 118 cm³/mol. The second-order valence-corrected chi connectivity index (χ2v) is 9.13. The lowest BCUT2D eigenvalue weighted by Crippen LogP contribution is -2.57. The predicted octanol–water partition coefficient (Wildman–Crippen LogP) is 1.84. The maximum atomic E-state index is 11.8. The molecule has 1 spiro atoms. The van der Waals surface area contributed by atoms with Gasteiger partial charge in [-0.2, -0.15) is 0 Å². The number of aromatic nitrogens is 2. The first kappa shape index (κ1) is 22.4. The van der Waals surface area contributed by atoms with E-state index in [4.69, 9.17) is 23.7 Å². The molecule has 3 aliphatic heterocycles. The Morgan fingerprint density at radius 1 is 1.21 bits per heavy atom. The second-order valence-electron chi connectivity index (χ2n) is 8.60. The Morgan fingerprint density at radius 2 is 1.97 bits per heavy atom. The molecule has 0 amide bonds. The van der Waals surface area contributed by atoms with Crippen LogP contribution in [0.5, 0.6) is 17.5 Å². The highest BCUT2D eigenvalue weighted by molar-refractivity contribution is 6.99. The fourth-order valence-corrected chi connectivity index (χ4v) is 4.76. The molecule has 10 nitrogen and oxygen atoms in total. The molecule has 3 aliphatic rings. The van der Waals surface area contributed by atoms with Crippen molar-refractivity contribution in [2.75, 3.05) is 20.2 Å². The summed E-state index contributed by atoms with van der Waals surface area (Å²) in [5, 5.41) is 0. The number of carbonyl (C=O) groups is 2. The van der Waals surface area contributed by atoms with E-state index in [1.54, 1.807) is 7.11 Å². The summed E-state index contributed by atoms with van der Waals surface area (Å²) in [5.41, 5.74) is 0.796. The van der Waals surface area contributed by atoms with Crippen molar-refractivity contribution in [2.24, 2.45) is 11.8 Å². The van der Waals surface area contributed by atoms with E-state index in [9.17, 15) is 9.59 Å². The first-order valence-electron chi connectivity index (χ1n) is 10.9. The van der Waals surface area contributed by atoms with Crippen LogP contribution in [0.25, 0.3) is 0 Å². The maximum absolute atomic E-state index is 11.8. The minimum atomic E-state index is -1.57.